The Balaban J connectivity index is 1.35. The lowest BCUT2D eigenvalue weighted by atomic mass is 9.68. The highest BCUT2D eigenvalue weighted by atomic mass is 35.5. The molecule has 0 N–H and O–H groups in total. The minimum absolute atomic E-state index is 0.0190. The molecule has 1 saturated heterocycles. The van der Waals surface area contributed by atoms with Gasteiger partial charge < -0.3 is 18.6 Å². The Labute approximate surface area is 243 Å². The maximum Gasteiger partial charge on any atom is 0.213 e. The van der Waals surface area contributed by atoms with Gasteiger partial charge in [-0.05, 0) is 84.4 Å². The van der Waals surface area contributed by atoms with E-state index in [0.29, 0.717) is 41.0 Å². The van der Waals surface area contributed by atoms with Gasteiger partial charge in [0, 0.05) is 16.6 Å². The number of hydrogen-bond donors (Lipinski definition) is 0. The molecule has 0 saturated carbocycles. The minimum atomic E-state index is -1.01. The normalized spacial score (nSPS) is 23.2. The molecule has 8 heteroatoms. The van der Waals surface area contributed by atoms with E-state index in [9.17, 15) is 4.79 Å². The zero-order valence-corrected chi connectivity index (χ0v) is 26.5. The van der Waals surface area contributed by atoms with Crippen molar-refractivity contribution >= 4 is 43.6 Å². The molecule has 2 aromatic rings. The predicted molar refractivity (Wildman–Crippen MR) is 157 cm³/mol. The van der Waals surface area contributed by atoms with Gasteiger partial charge in [-0.3, -0.25) is 4.79 Å². The van der Waals surface area contributed by atoms with E-state index in [0.717, 1.165) is 27.8 Å². The van der Waals surface area contributed by atoms with Crippen molar-refractivity contribution in [1.29, 1.82) is 0 Å². The van der Waals surface area contributed by atoms with E-state index in [1.54, 1.807) is 0 Å². The van der Waals surface area contributed by atoms with Crippen LogP contribution in [0.25, 0.3) is 5.57 Å². The van der Waals surface area contributed by atoms with Crippen LogP contribution in [-0.2, 0) is 25.7 Å². The van der Waals surface area contributed by atoms with Crippen molar-refractivity contribution in [2.75, 3.05) is 13.2 Å². The molecule has 0 amide bonds. The van der Waals surface area contributed by atoms with Gasteiger partial charge in [0.2, 0.25) is 9.04 Å². The molecule has 3 aliphatic rings. The van der Waals surface area contributed by atoms with Crippen LogP contribution in [0.2, 0.25) is 21.6 Å². The Morgan fingerprint density at radius 1 is 0.974 bits per heavy atom. The molecule has 2 aromatic carbocycles. The molecular formula is C31H37Cl2O5Si. The second kappa shape index (κ2) is 10.0. The van der Waals surface area contributed by atoms with Gasteiger partial charge in [-0.15, -0.1) is 0 Å². The third-order valence-electron chi connectivity index (χ3n) is 8.19. The lowest BCUT2D eigenvalue weighted by molar-refractivity contribution is -0.150. The van der Waals surface area contributed by atoms with E-state index in [1.165, 1.54) is 0 Å². The third-order valence-corrected chi connectivity index (χ3v) is 11.6. The molecule has 1 aliphatic heterocycles. The van der Waals surface area contributed by atoms with E-state index in [-0.39, 0.29) is 28.4 Å². The largest absolute Gasteiger partial charge is 0.491 e. The average molecular weight is 589 g/mol. The third kappa shape index (κ3) is 5.36. The van der Waals surface area contributed by atoms with Crippen LogP contribution in [0.5, 0.6) is 5.75 Å². The molecule has 0 spiro atoms. The van der Waals surface area contributed by atoms with Gasteiger partial charge in [-0.2, -0.15) is 0 Å². The monoisotopic (exact) mass is 587 g/mol. The number of Topliss-reactive ketones (excluding diaryl/α,β-unsaturated/α-hetero) is 1. The Kier molecular flexibility index (Phi) is 7.40. The van der Waals surface area contributed by atoms with Crippen LogP contribution in [0.3, 0.4) is 0 Å². The van der Waals surface area contributed by atoms with E-state index >= 15 is 0 Å². The number of halogens is 2. The first-order valence-electron chi connectivity index (χ1n) is 13.4. The summed E-state index contributed by atoms with van der Waals surface area (Å²) >= 11 is 12.6. The number of carbonyl (C=O) groups excluding carboxylic acids is 1. The highest BCUT2D eigenvalue weighted by Gasteiger charge is 2.44. The first kappa shape index (κ1) is 28.8. The number of benzene rings is 2. The topological polar surface area (TPSA) is 54.0 Å². The Bertz CT molecular complexity index is 1360. The van der Waals surface area contributed by atoms with Gasteiger partial charge >= 0.3 is 0 Å². The number of carbonyl (C=O) groups is 1. The first-order chi connectivity index (χ1) is 18.1. The van der Waals surface area contributed by atoms with Crippen molar-refractivity contribution in [2.24, 2.45) is 0 Å². The number of fused-ring (bicyclic) bond motifs is 3. The van der Waals surface area contributed by atoms with Crippen molar-refractivity contribution in [2.45, 2.75) is 89.9 Å². The van der Waals surface area contributed by atoms with Crippen molar-refractivity contribution in [3.63, 3.8) is 0 Å². The molecule has 5 nitrogen and oxygen atoms in total. The van der Waals surface area contributed by atoms with Crippen LogP contribution in [0, 0.1) is 0 Å². The second-order valence-corrected chi connectivity index (χ2v) is 16.5. The highest BCUT2D eigenvalue weighted by molar-refractivity contribution is 6.53. The van der Waals surface area contributed by atoms with Gasteiger partial charge in [-0.25, -0.2) is 0 Å². The zero-order valence-electron chi connectivity index (χ0n) is 24.0. The summed E-state index contributed by atoms with van der Waals surface area (Å²) < 4.78 is 24.9. The summed E-state index contributed by atoms with van der Waals surface area (Å²) in [7, 11) is -1.01. The number of hydrogen-bond acceptors (Lipinski definition) is 5. The summed E-state index contributed by atoms with van der Waals surface area (Å²) in [6, 6.07) is 9.45. The van der Waals surface area contributed by atoms with Gasteiger partial charge in [0.15, 0.2) is 11.6 Å². The maximum atomic E-state index is 13.7. The first-order valence-corrected chi connectivity index (χ1v) is 16.1. The highest BCUT2D eigenvalue weighted by Crippen LogP contribution is 2.51. The molecule has 1 heterocycles. The fourth-order valence-corrected chi connectivity index (χ4v) is 6.82. The molecule has 2 atom stereocenters. The van der Waals surface area contributed by atoms with Crippen LogP contribution >= 0.6 is 23.2 Å². The molecule has 1 radical (unpaired) electrons. The number of ketones is 1. The van der Waals surface area contributed by atoms with Crippen LogP contribution in [0.4, 0.5) is 0 Å². The predicted octanol–water partition coefficient (Wildman–Crippen LogP) is 7.81. The van der Waals surface area contributed by atoms with Gasteiger partial charge in [-0.1, -0.05) is 57.8 Å². The summed E-state index contributed by atoms with van der Waals surface area (Å²) in [5.41, 5.74) is 5.06. The molecule has 0 unspecified atom stereocenters. The zero-order chi connectivity index (χ0) is 28.5. The quantitative estimate of drug-likeness (QED) is 0.322. The molecular weight excluding hydrogens is 551 g/mol. The van der Waals surface area contributed by atoms with Crippen molar-refractivity contribution in [3.8, 4) is 5.75 Å². The molecule has 2 aliphatic carbocycles. The SMILES string of the molecule is C[Si](OC[C@H]1OC(C)(C)O[C@@H]1COc1ccc2c(c1)C(C)(C)C1=C(C2=O)c2cc(Cl)c(Cl)cc2C1)C(C)(C)C. The average Bonchev–Trinajstić information content (AvgIpc) is 3.36. The molecule has 39 heavy (non-hydrogen) atoms. The summed E-state index contributed by atoms with van der Waals surface area (Å²) in [4.78, 5) is 13.7. The Morgan fingerprint density at radius 3 is 2.28 bits per heavy atom. The number of ether oxygens (including phenoxy) is 3. The van der Waals surface area contributed by atoms with Gasteiger partial charge in [0.05, 0.1) is 16.7 Å². The lowest BCUT2D eigenvalue weighted by Gasteiger charge is -2.34. The number of allylic oxidation sites excluding steroid dienone is 2. The molecule has 1 fully saturated rings. The van der Waals surface area contributed by atoms with Crippen LogP contribution in [0.15, 0.2) is 35.9 Å². The van der Waals surface area contributed by atoms with Gasteiger partial charge in [0.1, 0.15) is 24.6 Å². The van der Waals surface area contributed by atoms with E-state index in [2.05, 4.69) is 41.2 Å². The Morgan fingerprint density at radius 2 is 1.62 bits per heavy atom. The molecule has 0 bridgehead atoms. The van der Waals surface area contributed by atoms with E-state index in [4.69, 9.17) is 41.8 Å². The van der Waals surface area contributed by atoms with E-state index < -0.39 is 14.8 Å². The standard InChI is InChI=1S/C31H37Cl2O5Si/c1-29(2,3)39(8)36-16-26-25(37-31(6,7)38-26)15-35-18-9-10-19-21(13-18)30(4,5)22-11-17-12-23(32)24(33)14-20(17)27(22)28(19)34/h9-10,12-14,25-26H,11,15-16H2,1-8H3/t25-,26-/m1/s1. The van der Waals surface area contributed by atoms with Gasteiger partial charge in [0.25, 0.3) is 0 Å². The molecule has 0 aromatic heterocycles. The van der Waals surface area contributed by atoms with Crippen LogP contribution in [0.1, 0.15) is 75.5 Å². The van der Waals surface area contributed by atoms with Crippen LogP contribution < -0.4 is 4.74 Å². The summed E-state index contributed by atoms with van der Waals surface area (Å²) in [5.74, 6) is 0.00890. The second-order valence-electron chi connectivity index (χ2n) is 12.8. The Hall–Kier alpha value is -1.67. The fraction of sp³-hybridized carbons (Fsp3) is 0.516. The summed E-state index contributed by atoms with van der Waals surface area (Å²) in [6.07, 6.45) is 0.180. The van der Waals surface area contributed by atoms with E-state index in [1.807, 2.05) is 44.2 Å². The fourth-order valence-electron chi connectivity index (χ4n) is 5.62. The lowest BCUT2D eigenvalue weighted by Crippen LogP contribution is -2.36. The van der Waals surface area contributed by atoms with Crippen molar-refractivity contribution in [3.05, 3.63) is 68.2 Å². The maximum absolute atomic E-state index is 13.7. The smallest absolute Gasteiger partial charge is 0.213 e. The summed E-state index contributed by atoms with van der Waals surface area (Å²) in [5, 5.41) is 1.10. The van der Waals surface area contributed by atoms with Crippen LogP contribution in [-0.4, -0.2) is 46.0 Å². The molecule has 209 valence electrons. The van der Waals surface area contributed by atoms with Crippen molar-refractivity contribution < 1.29 is 23.4 Å². The minimum Gasteiger partial charge on any atom is -0.491 e. The van der Waals surface area contributed by atoms with Crippen molar-refractivity contribution in [1.82, 2.24) is 0 Å². The number of rotatable bonds is 6. The summed E-state index contributed by atoms with van der Waals surface area (Å²) in [6.45, 7) is 17.7. The molecule has 5 rings (SSSR count).